The van der Waals surface area contributed by atoms with Gasteiger partial charge in [-0.25, -0.2) is 0 Å². The molecule has 12 heavy (non-hydrogen) atoms. The SMILES string of the molecule is CN1CCOCC1CCC(=O)O. The zero-order valence-corrected chi connectivity index (χ0v) is 7.32. The number of likely N-dealkylation sites (N-methyl/N-ethyl adjacent to an activating group) is 1. The maximum absolute atomic E-state index is 10.3. The fourth-order valence-electron chi connectivity index (χ4n) is 1.33. The Labute approximate surface area is 72.1 Å². The van der Waals surface area contributed by atoms with Crippen LogP contribution < -0.4 is 0 Å². The van der Waals surface area contributed by atoms with E-state index in [-0.39, 0.29) is 12.5 Å². The molecule has 1 aliphatic heterocycles. The second kappa shape index (κ2) is 4.42. The molecule has 1 saturated heterocycles. The minimum Gasteiger partial charge on any atom is -0.481 e. The summed E-state index contributed by atoms with van der Waals surface area (Å²) in [5.74, 6) is -0.728. The number of rotatable bonds is 3. The molecule has 1 atom stereocenters. The van der Waals surface area contributed by atoms with Crippen LogP contribution in [-0.4, -0.2) is 48.8 Å². The molecule has 0 aromatic heterocycles. The molecule has 0 aliphatic carbocycles. The van der Waals surface area contributed by atoms with Crippen LogP contribution >= 0.6 is 0 Å². The van der Waals surface area contributed by atoms with Gasteiger partial charge in [0.15, 0.2) is 0 Å². The van der Waals surface area contributed by atoms with Gasteiger partial charge in [0.1, 0.15) is 0 Å². The van der Waals surface area contributed by atoms with E-state index in [9.17, 15) is 4.79 Å². The third-order valence-corrected chi connectivity index (χ3v) is 2.21. The number of carbonyl (C=O) groups is 1. The Morgan fingerprint density at radius 2 is 2.50 bits per heavy atom. The van der Waals surface area contributed by atoms with Gasteiger partial charge in [0.2, 0.25) is 0 Å². The predicted octanol–water partition coefficient (Wildman–Crippen LogP) is 0.182. The lowest BCUT2D eigenvalue weighted by molar-refractivity contribution is -0.137. The maximum Gasteiger partial charge on any atom is 0.303 e. The first-order valence-electron chi connectivity index (χ1n) is 4.20. The summed E-state index contributed by atoms with van der Waals surface area (Å²) >= 11 is 0. The largest absolute Gasteiger partial charge is 0.481 e. The van der Waals surface area contributed by atoms with Crippen LogP contribution in [0.15, 0.2) is 0 Å². The monoisotopic (exact) mass is 173 g/mol. The van der Waals surface area contributed by atoms with E-state index in [0.29, 0.717) is 13.0 Å². The molecule has 0 saturated carbocycles. The highest BCUT2D eigenvalue weighted by molar-refractivity contribution is 5.66. The van der Waals surface area contributed by atoms with Gasteiger partial charge in [-0.15, -0.1) is 0 Å². The Hall–Kier alpha value is -0.610. The smallest absolute Gasteiger partial charge is 0.303 e. The first kappa shape index (κ1) is 9.48. The van der Waals surface area contributed by atoms with Crippen LogP contribution in [0.4, 0.5) is 0 Å². The normalized spacial score (nSPS) is 25.6. The summed E-state index contributed by atoms with van der Waals surface area (Å²) in [4.78, 5) is 12.4. The van der Waals surface area contributed by atoms with E-state index in [4.69, 9.17) is 9.84 Å². The zero-order valence-electron chi connectivity index (χ0n) is 7.32. The van der Waals surface area contributed by atoms with E-state index < -0.39 is 5.97 Å². The molecule has 0 bridgehead atoms. The molecule has 4 nitrogen and oxygen atoms in total. The highest BCUT2D eigenvalue weighted by Gasteiger charge is 2.19. The van der Waals surface area contributed by atoms with E-state index in [1.165, 1.54) is 0 Å². The Balaban J connectivity index is 2.24. The van der Waals surface area contributed by atoms with Crippen molar-refractivity contribution in [2.75, 3.05) is 26.8 Å². The van der Waals surface area contributed by atoms with Crippen molar-refractivity contribution in [2.24, 2.45) is 0 Å². The summed E-state index contributed by atoms with van der Waals surface area (Å²) in [5, 5.41) is 8.47. The third-order valence-electron chi connectivity index (χ3n) is 2.21. The van der Waals surface area contributed by atoms with Crippen molar-refractivity contribution < 1.29 is 14.6 Å². The summed E-state index contributed by atoms with van der Waals surface area (Å²) in [6.45, 7) is 2.34. The minimum absolute atomic E-state index is 0.234. The van der Waals surface area contributed by atoms with Gasteiger partial charge in [-0.2, -0.15) is 0 Å². The van der Waals surface area contributed by atoms with Gasteiger partial charge in [-0.1, -0.05) is 0 Å². The Morgan fingerprint density at radius 3 is 3.08 bits per heavy atom. The molecule has 0 aromatic carbocycles. The molecule has 0 amide bonds. The Bertz CT molecular complexity index is 160. The van der Waals surface area contributed by atoms with Crippen molar-refractivity contribution in [3.63, 3.8) is 0 Å². The lowest BCUT2D eigenvalue weighted by Crippen LogP contribution is -2.42. The fraction of sp³-hybridized carbons (Fsp3) is 0.875. The van der Waals surface area contributed by atoms with Crippen molar-refractivity contribution in [1.82, 2.24) is 4.90 Å². The first-order valence-corrected chi connectivity index (χ1v) is 4.20. The zero-order chi connectivity index (χ0) is 8.97. The second-order valence-corrected chi connectivity index (χ2v) is 3.14. The highest BCUT2D eigenvalue weighted by atomic mass is 16.5. The minimum atomic E-state index is -0.728. The van der Waals surface area contributed by atoms with E-state index in [0.717, 1.165) is 13.2 Å². The Kier molecular flexibility index (Phi) is 3.49. The van der Waals surface area contributed by atoms with Crippen LogP contribution in [0.3, 0.4) is 0 Å². The number of carboxylic acids is 1. The number of hydrogen-bond acceptors (Lipinski definition) is 3. The van der Waals surface area contributed by atoms with E-state index >= 15 is 0 Å². The lowest BCUT2D eigenvalue weighted by Gasteiger charge is -2.31. The summed E-state index contributed by atoms with van der Waals surface area (Å²) in [6, 6.07) is 0.287. The van der Waals surface area contributed by atoms with Crippen LogP contribution in [0.2, 0.25) is 0 Å². The molecule has 0 aromatic rings. The number of aliphatic carboxylic acids is 1. The fourth-order valence-corrected chi connectivity index (χ4v) is 1.33. The molecular weight excluding hydrogens is 158 g/mol. The van der Waals surface area contributed by atoms with Crippen molar-refractivity contribution in [1.29, 1.82) is 0 Å². The Morgan fingerprint density at radius 1 is 1.75 bits per heavy atom. The standard InChI is InChI=1S/C8H15NO3/c1-9-4-5-12-6-7(9)2-3-8(10)11/h7H,2-6H2,1H3,(H,10,11). The molecule has 1 unspecified atom stereocenters. The van der Waals surface area contributed by atoms with Gasteiger partial charge in [-0.05, 0) is 13.5 Å². The van der Waals surface area contributed by atoms with E-state index in [1.807, 2.05) is 7.05 Å². The molecule has 0 radical (unpaired) electrons. The number of nitrogens with zero attached hydrogens (tertiary/aromatic N) is 1. The van der Waals surface area contributed by atoms with Gasteiger partial charge in [0, 0.05) is 19.0 Å². The van der Waals surface area contributed by atoms with Gasteiger partial charge in [0.05, 0.1) is 13.2 Å². The van der Waals surface area contributed by atoms with Crippen LogP contribution in [0.1, 0.15) is 12.8 Å². The summed E-state index contributed by atoms with van der Waals surface area (Å²) in [5.41, 5.74) is 0. The van der Waals surface area contributed by atoms with Gasteiger partial charge >= 0.3 is 5.97 Å². The van der Waals surface area contributed by atoms with Crippen LogP contribution in [-0.2, 0) is 9.53 Å². The third kappa shape index (κ3) is 2.79. The summed E-state index contributed by atoms with van der Waals surface area (Å²) in [7, 11) is 2.01. The van der Waals surface area contributed by atoms with Crippen LogP contribution in [0.5, 0.6) is 0 Å². The van der Waals surface area contributed by atoms with E-state index in [2.05, 4.69) is 4.90 Å². The lowest BCUT2D eigenvalue weighted by atomic mass is 10.1. The number of ether oxygens (including phenoxy) is 1. The van der Waals surface area contributed by atoms with Gasteiger partial charge in [0.25, 0.3) is 0 Å². The van der Waals surface area contributed by atoms with Crippen molar-refractivity contribution >= 4 is 5.97 Å². The average molecular weight is 173 g/mol. The molecule has 4 heteroatoms. The predicted molar refractivity (Wildman–Crippen MR) is 44.1 cm³/mol. The van der Waals surface area contributed by atoms with Crippen LogP contribution in [0, 0.1) is 0 Å². The molecule has 0 spiro atoms. The van der Waals surface area contributed by atoms with Gasteiger partial charge < -0.3 is 9.84 Å². The van der Waals surface area contributed by atoms with E-state index in [1.54, 1.807) is 0 Å². The molecule has 1 aliphatic rings. The molecule has 1 N–H and O–H groups in total. The molecular formula is C8H15NO3. The molecule has 1 heterocycles. The topological polar surface area (TPSA) is 49.8 Å². The second-order valence-electron chi connectivity index (χ2n) is 3.14. The molecule has 70 valence electrons. The number of hydrogen-bond donors (Lipinski definition) is 1. The number of carboxylic acid groups (broad SMARTS) is 1. The van der Waals surface area contributed by atoms with Gasteiger partial charge in [-0.3, -0.25) is 9.69 Å². The summed E-state index contributed by atoms with van der Waals surface area (Å²) < 4.78 is 5.25. The summed E-state index contributed by atoms with van der Waals surface area (Å²) in [6.07, 6.45) is 0.921. The van der Waals surface area contributed by atoms with Crippen molar-refractivity contribution in [2.45, 2.75) is 18.9 Å². The van der Waals surface area contributed by atoms with Crippen molar-refractivity contribution in [3.05, 3.63) is 0 Å². The quantitative estimate of drug-likeness (QED) is 0.661. The maximum atomic E-state index is 10.3. The van der Waals surface area contributed by atoms with Crippen molar-refractivity contribution in [3.8, 4) is 0 Å². The molecule has 1 fully saturated rings. The highest BCUT2D eigenvalue weighted by Crippen LogP contribution is 2.09. The first-order chi connectivity index (χ1) is 5.70. The van der Waals surface area contributed by atoms with Crippen LogP contribution in [0.25, 0.3) is 0 Å². The molecule has 1 rings (SSSR count). The average Bonchev–Trinajstić information content (AvgIpc) is 2.03. The number of morpholine rings is 1.